The number of anilines is 1. The molecule has 1 aliphatic heterocycles. The van der Waals surface area contributed by atoms with E-state index in [1.807, 2.05) is 34.6 Å². The Bertz CT molecular complexity index is 1320. The number of hydrogen-bond acceptors (Lipinski definition) is 7. The van der Waals surface area contributed by atoms with Crippen LogP contribution >= 0.6 is 0 Å². The number of nitrogens with zero attached hydrogens (tertiary/aromatic N) is 2. The monoisotopic (exact) mass is 572 g/mol. The summed E-state index contributed by atoms with van der Waals surface area (Å²) in [4.78, 5) is 32.7. The van der Waals surface area contributed by atoms with Crippen molar-refractivity contribution in [1.29, 1.82) is 0 Å². The van der Waals surface area contributed by atoms with Crippen molar-refractivity contribution in [3.63, 3.8) is 0 Å². The number of rotatable bonds is 11. The lowest BCUT2D eigenvalue weighted by Crippen LogP contribution is -2.51. The minimum atomic E-state index is -3.94. The molecule has 1 heterocycles. The molecule has 3 atom stereocenters. The van der Waals surface area contributed by atoms with Gasteiger partial charge < -0.3 is 14.9 Å². The first-order valence-corrected chi connectivity index (χ1v) is 15.0. The summed E-state index contributed by atoms with van der Waals surface area (Å²) in [6.07, 6.45) is -0.335. The van der Waals surface area contributed by atoms with Gasteiger partial charge in [0.15, 0.2) is 6.23 Å². The molecule has 3 unspecified atom stereocenters. The highest BCUT2D eigenvalue weighted by Gasteiger charge is 2.33. The van der Waals surface area contributed by atoms with E-state index < -0.39 is 34.3 Å². The topological polar surface area (TPSA) is 126 Å². The van der Waals surface area contributed by atoms with Crippen LogP contribution in [0.1, 0.15) is 54.9 Å². The highest BCUT2D eigenvalue weighted by atomic mass is 32.2. The lowest BCUT2D eigenvalue weighted by Gasteiger charge is -2.29. The molecule has 0 saturated carbocycles. The molecule has 0 aliphatic carbocycles. The van der Waals surface area contributed by atoms with Gasteiger partial charge in [0.2, 0.25) is 10.0 Å². The molecule has 0 bridgehead atoms. The number of ether oxygens (including phenoxy) is 1. The molecular weight excluding hydrogens is 532 g/mol. The maximum atomic E-state index is 13.3. The van der Waals surface area contributed by atoms with Crippen LogP contribution < -0.4 is 14.9 Å². The molecular formula is C29H40N4O6S. The smallest absolute Gasteiger partial charge is 0.328 e. The zero-order valence-corrected chi connectivity index (χ0v) is 25.0. The van der Waals surface area contributed by atoms with E-state index in [-0.39, 0.29) is 29.4 Å². The molecule has 1 aliphatic rings. The van der Waals surface area contributed by atoms with Gasteiger partial charge in [-0.3, -0.25) is 4.90 Å². The van der Waals surface area contributed by atoms with Crippen molar-refractivity contribution in [2.75, 3.05) is 11.5 Å². The Balaban J connectivity index is 1.86. The van der Waals surface area contributed by atoms with E-state index in [1.165, 1.54) is 6.07 Å². The molecule has 0 aromatic heterocycles. The van der Waals surface area contributed by atoms with Gasteiger partial charge in [0.25, 0.3) is 0 Å². The summed E-state index contributed by atoms with van der Waals surface area (Å²) in [5, 5.41) is 6.72. The molecule has 0 fully saturated rings. The number of sulfonamides is 1. The molecule has 10 nitrogen and oxygen atoms in total. The Morgan fingerprint density at radius 2 is 1.73 bits per heavy atom. The second-order valence-electron chi connectivity index (χ2n) is 10.6. The average molecular weight is 573 g/mol. The SMILES string of the molecule is CCOC(=O)C(CC(C)C)NC(=O)N(c1ccc(-c2ccccc2S(=O)(=O)NC2ON=C(C)C2C)cc1)C(C)C. The summed E-state index contributed by atoms with van der Waals surface area (Å²) in [7, 11) is -3.94. The van der Waals surface area contributed by atoms with Crippen molar-refractivity contribution in [3.8, 4) is 11.1 Å². The summed E-state index contributed by atoms with van der Waals surface area (Å²) in [6.45, 7) is 13.3. The molecule has 11 heteroatoms. The highest BCUT2D eigenvalue weighted by molar-refractivity contribution is 7.89. The largest absolute Gasteiger partial charge is 0.464 e. The summed E-state index contributed by atoms with van der Waals surface area (Å²) in [5.41, 5.74) is 2.48. The third kappa shape index (κ3) is 7.39. The molecule has 0 radical (unpaired) electrons. The van der Waals surface area contributed by atoms with Gasteiger partial charge in [-0.1, -0.05) is 56.3 Å². The Morgan fingerprint density at radius 1 is 1.07 bits per heavy atom. The van der Waals surface area contributed by atoms with Gasteiger partial charge >= 0.3 is 12.0 Å². The van der Waals surface area contributed by atoms with Gasteiger partial charge in [-0.15, -0.1) is 0 Å². The molecule has 40 heavy (non-hydrogen) atoms. The van der Waals surface area contributed by atoms with E-state index in [1.54, 1.807) is 61.2 Å². The molecule has 2 amide bonds. The first-order chi connectivity index (χ1) is 18.9. The summed E-state index contributed by atoms with van der Waals surface area (Å²) in [6, 6.07) is 12.3. The van der Waals surface area contributed by atoms with E-state index in [4.69, 9.17) is 9.57 Å². The maximum absolute atomic E-state index is 13.3. The number of oxime groups is 1. The van der Waals surface area contributed by atoms with Gasteiger partial charge in [-0.05, 0) is 63.8 Å². The van der Waals surface area contributed by atoms with Crippen molar-refractivity contribution in [1.82, 2.24) is 10.0 Å². The standard InChI is InChI=1S/C29H40N4O6S/c1-8-38-28(34)25(17-18(2)3)30-29(35)33(19(4)5)23-15-13-22(14-16-23)24-11-9-10-12-26(24)40(36,37)32-27-20(6)21(7)31-39-27/h9-16,18-20,25,27,32H,8,17H2,1-7H3,(H,30,35). The Kier molecular flexibility index (Phi) is 10.3. The summed E-state index contributed by atoms with van der Waals surface area (Å²) in [5.74, 6) is -0.486. The van der Waals surface area contributed by atoms with Crippen LogP contribution in [0.4, 0.5) is 10.5 Å². The number of carbonyl (C=O) groups is 2. The number of amides is 2. The second-order valence-corrected chi connectivity index (χ2v) is 12.2. The number of nitrogens with one attached hydrogen (secondary N) is 2. The predicted molar refractivity (Wildman–Crippen MR) is 155 cm³/mol. The van der Waals surface area contributed by atoms with Crippen molar-refractivity contribution in [2.45, 2.75) is 78.1 Å². The van der Waals surface area contributed by atoms with Gasteiger partial charge in [0.1, 0.15) is 6.04 Å². The summed E-state index contributed by atoms with van der Waals surface area (Å²) < 4.78 is 34.4. The van der Waals surface area contributed by atoms with E-state index in [2.05, 4.69) is 15.2 Å². The van der Waals surface area contributed by atoms with E-state index in [0.717, 1.165) is 0 Å². The fraction of sp³-hybridized carbons (Fsp3) is 0.483. The van der Waals surface area contributed by atoms with Crippen molar-refractivity contribution in [2.24, 2.45) is 17.0 Å². The fourth-order valence-electron chi connectivity index (χ4n) is 4.41. The fourth-order valence-corrected chi connectivity index (χ4v) is 5.82. The van der Waals surface area contributed by atoms with Crippen LogP contribution in [0.2, 0.25) is 0 Å². The molecule has 2 aromatic carbocycles. The van der Waals surface area contributed by atoms with Gasteiger partial charge in [0, 0.05) is 17.3 Å². The zero-order chi connectivity index (χ0) is 29.6. The number of hydrogen-bond donors (Lipinski definition) is 2. The van der Waals surface area contributed by atoms with Crippen LogP contribution in [0, 0.1) is 11.8 Å². The minimum absolute atomic E-state index is 0.104. The Labute approximate surface area is 237 Å². The van der Waals surface area contributed by atoms with Gasteiger partial charge in [-0.2, -0.15) is 4.72 Å². The highest BCUT2D eigenvalue weighted by Crippen LogP contribution is 2.30. The third-order valence-electron chi connectivity index (χ3n) is 6.64. The van der Waals surface area contributed by atoms with E-state index in [0.29, 0.717) is 28.9 Å². The molecule has 0 saturated heterocycles. The van der Waals surface area contributed by atoms with E-state index >= 15 is 0 Å². The maximum Gasteiger partial charge on any atom is 0.328 e. The minimum Gasteiger partial charge on any atom is -0.464 e. The lowest BCUT2D eigenvalue weighted by atomic mass is 10.0. The Hall–Kier alpha value is -3.44. The zero-order valence-electron chi connectivity index (χ0n) is 24.2. The Morgan fingerprint density at radius 3 is 2.27 bits per heavy atom. The van der Waals surface area contributed by atoms with Crippen LogP contribution in [-0.2, 0) is 24.4 Å². The number of esters is 1. The molecule has 2 N–H and O–H groups in total. The quantitative estimate of drug-likeness (QED) is 0.369. The third-order valence-corrected chi connectivity index (χ3v) is 8.12. The predicted octanol–water partition coefficient (Wildman–Crippen LogP) is 4.90. The first kappa shape index (κ1) is 31.1. The van der Waals surface area contributed by atoms with Crippen LogP contribution in [-0.4, -0.2) is 51.0 Å². The summed E-state index contributed by atoms with van der Waals surface area (Å²) >= 11 is 0. The normalized spacial score (nSPS) is 17.8. The van der Waals surface area contributed by atoms with E-state index in [9.17, 15) is 18.0 Å². The number of carbonyl (C=O) groups excluding carboxylic acids is 2. The average Bonchev–Trinajstić information content (AvgIpc) is 3.20. The van der Waals surface area contributed by atoms with Crippen LogP contribution in [0.5, 0.6) is 0 Å². The second kappa shape index (κ2) is 13.3. The van der Waals surface area contributed by atoms with Crippen molar-refractivity contribution < 1.29 is 27.6 Å². The molecule has 218 valence electrons. The van der Waals surface area contributed by atoms with Gasteiger partial charge in [-0.25, -0.2) is 18.0 Å². The van der Waals surface area contributed by atoms with Crippen LogP contribution in [0.25, 0.3) is 11.1 Å². The van der Waals surface area contributed by atoms with Gasteiger partial charge in [0.05, 0.1) is 23.1 Å². The molecule has 3 rings (SSSR count). The number of urea groups is 1. The van der Waals surface area contributed by atoms with Crippen molar-refractivity contribution >= 4 is 33.4 Å². The lowest BCUT2D eigenvalue weighted by molar-refractivity contribution is -0.145. The number of benzene rings is 2. The molecule has 0 spiro atoms. The van der Waals surface area contributed by atoms with Crippen LogP contribution in [0.3, 0.4) is 0 Å². The van der Waals surface area contributed by atoms with Crippen LogP contribution in [0.15, 0.2) is 58.6 Å². The molecule has 2 aromatic rings. The van der Waals surface area contributed by atoms with Crippen molar-refractivity contribution in [3.05, 3.63) is 48.5 Å². The first-order valence-electron chi connectivity index (χ1n) is 13.5.